The van der Waals surface area contributed by atoms with Crippen molar-refractivity contribution in [2.75, 3.05) is 0 Å². The van der Waals surface area contributed by atoms with Crippen LogP contribution in [0.25, 0.3) is 0 Å². The quantitative estimate of drug-likeness (QED) is 0.302. The van der Waals surface area contributed by atoms with Crippen molar-refractivity contribution in [3.63, 3.8) is 0 Å². The van der Waals surface area contributed by atoms with Gasteiger partial charge in [0.2, 0.25) is 0 Å². The summed E-state index contributed by atoms with van der Waals surface area (Å²) in [5, 5.41) is 0.336. The van der Waals surface area contributed by atoms with Crippen molar-refractivity contribution >= 4 is 11.6 Å². The third-order valence-electron chi connectivity index (χ3n) is 2.33. The summed E-state index contributed by atoms with van der Waals surface area (Å²) in [6.07, 6.45) is 9.64. The molecule has 0 saturated carbocycles. The molecule has 0 N–H and O–H groups in total. The molecule has 0 rings (SSSR count). The SMILES string of the molecule is C=CCCCCCC(C)CC(C)Cl. The Bertz CT molecular complexity index is 118. The lowest BCUT2D eigenvalue weighted by atomic mass is 9.98. The second-order valence-electron chi connectivity index (χ2n) is 4.05. The zero-order valence-corrected chi connectivity index (χ0v) is 9.82. The number of alkyl halides is 1. The second kappa shape index (κ2) is 8.62. The molecule has 0 aromatic rings. The number of halogens is 1. The van der Waals surface area contributed by atoms with Crippen molar-refractivity contribution in [2.24, 2.45) is 5.92 Å². The third kappa shape index (κ3) is 9.95. The Morgan fingerprint density at radius 2 is 1.92 bits per heavy atom. The Labute approximate surface area is 88.4 Å². The van der Waals surface area contributed by atoms with Crippen molar-refractivity contribution in [1.29, 1.82) is 0 Å². The summed E-state index contributed by atoms with van der Waals surface area (Å²) in [6.45, 7) is 8.09. The minimum Gasteiger partial charge on any atom is -0.123 e. The highest BCUT2D eigenvalue weighted by Gasteiger charge is 2.05. The minimum atomic E-state index is 0.336. The van der Waals surface area contributed by atoms with Gasteiger partial charge >= 0.3 is 0 Å². The standard InChI is InChI=1S/C12H23Cl/c1-4-5-6-7-8-9-11(2)10-12(3)13/h4,11-12H,1,5-10H2,2-3H3. The molecule has 13 heavy (non-hydrogen) atoms. The summed E-state index contributed by atoms with van der Waals surface area (Å²) in [5.41, 5.74) is 0. The first kappa shape index (κ1) is 13.0. The molecule has 78 valence electrons. The average Bonchev–Trinajstić information content (AvgIpc) is 2.02. The maximum Gasteiger partial charge on any atom is 0.0310 e. The van der Waals surface area contributed by atoms with Crippen molar-refractivity contribution in [1.82, 2.24) is 0 Å². The zero-order valence-electron chi connectivity index (χ0n) is 9.06. The van der Waals surface area contributed by atoms with Crippen molar-refractivity contribution in [2.45, 2.75) is 57.7 Å². The van der Waals surface area contributed by atoms with Crippen molar-refractivity contribution in [3.05, 3.63) is 12.7 Å². The lowest BCUT2D eigenvalue weighted by Gasteiger charge is -2.11. The van der Waals surface area contributed by atoms with E-state index in [-0.39, 0.29) is 0 Å². The van der Waals surface area contributed by atoms with Gasteiger partial charge in [-0.05, 0) is 32.1 Å². The fourth-order valence-electron chi connectivity index (χ4n) is 1.63. The van der Waals surface area contributed by atoms with Gasteiger partial charge in [-0.3, -0.25) is 0 Å². The van der Waals surface area contributed by atoms with E-state index < -0.39 is 0 Å². The molecule has 1 heteroatoms. The predicted octanol–water partition coefficient (Wildman–Crippen LogP) is 4.78. The molecule has 0 fully saturated rings. The van der Waals surface area contributed by atoms with Crippen LogP contribution in [0.3, 0.4) is 0 Å². The van der Waals surface area contributed by atoms with Gasteiger partial charge in [0.05, 0.1) is 0 Å². The number of hydrogen-bond acceptors (Lipinski definition) is 0. The fraction of sp³-hybridized carbons (Fsp3) is 0.833. The summed E-state index contributed by atoms with van der Waals surface area (Å²) in [7, 11) is 0. The average molecular weight is 203 g/mol. The number of hydrogen-bond donors (Lipinski definition) is 0. The summed E-state index contributed by atoms with van der Waals surface area (Å²) < 4.78 is 0. The van der Waals surface area contributed by atoms with E-state index in [1.807, 2.05) is 6.08 Å². The molecule has 0 aliphatic heterocycles. The van der Waals surface area contributed by atoms with Gasteiger partial charge < -0.3 is 0 Å². The molecule has 0 radical (unpaired) electrons. The van der Waals surface area contributed by atoms with Gasteiger partial charge in [0.25, 0.3) is 0 Å². The Hall–Kier alpha value is 0.0300. The number of unbranched alkanes of at least 4 members (excludes halogenated alkanes) is 3. The fourth-order valence-corrected chi connectivity index (χ4v) is 1.93. The molecule has 0 nitrogen and oxygen atoms in total. The number of rotatable bonds is 8. The lowest BCUT2D eigenvalue weighted by Crippen LogP contribution is -2.01. The highest BCUT2D eigenvalue weighted by atomic mass is 35.5. The summed E-state index contributed by atoms with van der Waals surface area (Å²) >= 11 is 5.92. The number of allylic oxidation sites excluding steroid dienone is 1. The maximum absolute atomic E-state index is 5.92. The zero-order chi connectivity index (χ0) is 10.1. The van der Waals surface area contributed by atoms with Gasteiger partial charge in [0, 0.05) is 5.38 Å². The molecule has 0 aromatic carbocycles. The Morgan fingerprint density at radius 3 is 2.46 bits per heavy atom. The van der Waals surface area contributed by atoms with E-state index in [0.717, 1.165) is 12.3 Å². The highest BCUT2D eigenvalue weighted by molar-refractivity contribution is 6.20. The van der Waals surface area contributed by atoms with E-state index in [1.54, 1.807) is 0 Å². The minimum absolute atomic E-state index is 0.336. The van der Waals surface area contributed by atoms with Crippen LogP contribution in [-0.4, -0.2) is 5.38 Å². The van der Waals surface area contributed by atoms with Gasteiger partial charge in [-0.1, -0.05) is 32.3 Å². The lowest BCUT2D eigenvalue weighted by molar-refractivity contribution is 0.459. The van der Waals surface area contributed by atoms with Crippen LogP contribution >= 0.6 is 11.6 Å². The first-order valence-electron chi connectivity index (χ1n) is 5.41. The third-order valence-corrected chi connectivity index (χ3v) is 2.51. The normalized spacial score (nSPS) is 15.3. The van der Waals surface area contributed by atoms with Gasteiger partial charge in [0.1, 0.15) is 0 Å². The molecule has 2 unspecified atom stereocenters. The van der Waals surface area contributed by atoms with Crippen LogP contribution in [0.15, 0.2) is 12.7 Å². The van der Waals surface area contributed by atoms with Crippen LogP contribution in [0.1, 0.15) is 52.4 Å². The molecule has 0 bridgehead atoms. The summed E-state index contributed by atoms with van der Waals surface area (Å²) in [5.74, 6) is 0.788. The predicted molar refractivity (Wildman–Crippen MR) is 62.4 cm³/mol. The van der Waals surface area contributed by atoms with Gasteiger partial charge in [-0.15, -0.1) is 18.2 Å². The topological polar surface area (TPSA) is 0 Å². The molecule has 0 aromatic heterocycles. The summed E-state index contributed by atoms with van der Waals surface area (Å²) in [4.78, 5) is 0. The van der Waals surface area contributed by atoms with Gasteiger partial charge in [-0.2, -0.15) is 0 Å². The molecule has 0 spiro atoms. The molecule has 0 saturated heterocycles. The molecule has 0 amide bonds. The first-order chi connectivity index (χ1) is 6.16. The van der Waals surface area contributed by atoms with E-state index in [4.69, 9.17) is 11.6 Å². The highest BCUT2D eigenvalue weighted by Crippen LogP contribution is 2.17. The van der Waals surface area contributed by atoms with E-state index in [0.29, 0.717) is 5.38 Å². The monoisotopic (exact) mass is 202 g/mol. The van der Waals surface area contributed by atoms with Crippen LogP contribution < -0.4 is 0 Å². The van der Waals surface area contributed by atoms with E-state index >= 15 is 0 Å². The van der Waals surface area contributed by atoms with Crippen LogP contribution in [0.4, 0.5) is 0 Å². The van der Waals surface area contributed by atoms with Crippen LogP contribution in [0, 0.1) is 5.92 Å². The van der Waals surface area contributed by atoms with E-state index in [1.165, 1.54) is 32.1 Å². The largest absolute Gasteiger partial charge is 0.123 e. The molecule has 0 aliphatic rings. The Morgan fingerprint density at radius 1 is 1.23 bits per heavy atom. The van der Waals surface area contributed by atoms with Crippen LogP contribution in [0.2, 0.25) is 0 Å². The summed E-state index contributed by atoms with van der Waals surface area (Å²) in [6, 6.07) is 0. The first-order valence-corrected chi connectivity index (χ1v) is 5.85. The smallest absolute Gasteiger partial charge is 0.0310 e. The van der Waals surface area contributed by atoms with E-state index in [9.17, 15) is 0 Å². The van der Waals surface area contributed by atoms with Gasteiger partial charge in [0.15, 0.2) is 0 Å². The van der Waals surface area contributed by atoms with Crippen LogP contribution in [-0.2, 0) is 0 Å². The molecular formula is C12H23Cl. The molecule has 2 atom stereocenters. The Kier molecular flexibility index (Phi) is 8.64. The molecule has 0 aliphatic carbocycles. The second-order valence-corrected chi connectivity index (χ2v) is 4.79. The van der Waals surface area contributed by atoms with Gasteiger partial charge in [-0.25, -0.2) is 0 Å². The van der Waals surface area contributed by atoms with Crippen LogP contribution in [0.5, 0.6) is 0 Å². The molecular weight excluding hydrogens is 180 g/mol. The Balaban J connectivity index is 3.16. The van der Waals surface area contributed by atoms with Crippen molar-refractivity contribution in [3.8, 4) is 0 Å². The van der Waals surface area contributed by atoms with Crippen molar-refractivity contribution < 1.29 is 0 Å². The van der Waals surface area contributed by atoms with E-state index in [2.05, 4.69) is 20.4 Å². The molecule has 0 heterocycles. The maximum atomic E-state index is 5.92.